The molecule has 0 saturated heterocycles. The second-order valence-corrected chi connectivity index (χ2v) is 8.81. The summed E-state index contributed by atoms with van der Waals surface area (Å²) in [4.78, 5) is 24.9. The van der Waals surface area contributed by atoms with Crippen molar-refractivity contribution in [3.8, 4) is 5.69 Å². The van der Waals surface area contributed by atoms with Gasteiger partial charge >= 0.3 is 5.97 Å². The summed E-state index contributed by atoms with van der Waals surface area (Å²) in [7, 11) is 0. The molecule has 5 rings (SSSR count). The van der Waals surface area contributed by atoms with E-state index in [1.165, 1.54) is 0 Å². The van der Waals surface area contributed by atoms with Gasteiger partial charge < -0.3 is 15.0 Å². The van der Waals surface area contributed by atoms with E-state index < -0.39 is 11.9 Å². The van der Waals surface area contributed by atoms with Crippen LogP contribution in [0.5, 0.6) is 0 Å². The lowest BCUT2D eigenvalue weighted by Crippen LogP contribution is -2.23. The second-order valence-electron chi connectivity index (χ2n) is 8.04. The molecule has 1 amide bonds. The minimum absolute atomic E-state index is 0.0933. The van der Waals surface area contributed by atoms with E-state index in [9.17, 15) is 14.7 Å². The molecule has 4 N–H and O–H groups in total. The number of aliphatic carboxylic acids is 1. The Labute approximate surface area is 198 Å². The molecule has 168 valence electrons. The summed E-state index contributed by atoms with van der Waals surface area (Å²) in [6.45, 7) is 0.0933. The van der Waals surface area contributed by atoms with Gasteiger partial charge in [-0.05, 0) is 73.5 Å². The van der Waals surface area contributed by atoms with E-state index in [0.29, 0.717) is 21.7 Å². The largest absolute Gasteiger partial charge is 0.481 e. The van der Waals surface area contributed by atoms with Crippen LogP contribution in [0.15, 0.2) is 48.5 Å². The monoisotopic (exact) mass is 479 g/mol. The zero-order valence-corrected chi connectivity index (χ0v) is 19.1. The van der Waals surface area contributed by atoms with Gasteiger partial charge in [0.2, 0.25) is 5.91 Å². The number of carboxylic acid groups (broad SMARTS) is 1. The number of carbonyl (C=O) groups excluding carboxylic acids is 1. The maximum absolute atomic E-state index is 13.0. The van der Waals surface area contributed by atoms with Crippen molar-refractivity contribution in [2.45, 2.75) is 31.7 Å². The number of benzene rings is 2. The Kier molecular flexibility index (Phi) is 5.47. The van der Waals surface area contributed by atoms with Gasteiger partial charge in [-0.2, -0.15) is 0 Å². The van der Waals surface area contributed by atoms with Crippen molar-refractivity contribution in [2.75, 3.05) is 5.32 Å². The number of nitrogens with zero attached hydrogens (tertiary/aromatic N) is 2. The number of hydrogen-bond acceptors (Lipinski definition) is 4. The van der Waals surface area contributed by atoms with Crippen LogP contribution in [0.2, 0.25) is 0 Å². The summed E-state index contributed by atoms with van der Waals surface area (Å²) >= 11 is 10.5. The highest BCUT2D eigenvalue weighted by Gasteiger charge is 2.32. The Balaban J connectivity index is 1.47. The minimum Gasteiger partial charge on any atom is -0.481 e. The van der Waals surface area contributed by atoms with Crippen molar-refractivity contribution in [1.82, 2.24) is 19.3 Å². The molecule has 1 unspecified atom stereocenters. The topological polar surface area (TPSA) is 108 Å². The van der Waals surface area contributed by atoms with Gasteiger partial charge in [-0.1, -0.05) is 24.3 Å². The Morgan fingerprint density at radius 3 is 2.61 bits per heavy atom. The lowest BCUT2D eigenvalue weighted by atomic mass is 9.85. The molecular weight excluding hydrogens is 458 g/mol. The summed E-state index contributed by atoms with van der Waals surface area (Å²) in [6.07, 6.45) is 2.14. The van der Waals surface area contributed by atoms with E-state index >= 15 is 0 Å². The van der Waals surface area contributed by atoms with Crippen molar-refractivity contribution in [3.63, 3.8) is 0 Å². The van der Waals surface area contributed by atoms with Gasteiger partial charge in [0.15, 0.2) is 9.54 Å². The highest BCUT2D eigenvalue weighted by atomic mass is 32.1. The van der Waals surface area contributed by atoms with Crippen molar-refractivity contribution >= 4 is 52.9 Å². The average molecular weight is 480 g/mol. The first-order chi connectivity index (χ1) is 15.9. The number of H-pyrrole nitrogens is 2. The molecule has 2 aromatic carbocycles. The van der Waals surface area contributed by atoms with Crippen LogP contribution in [0.3, 0.4) is 0 Å². The van der Waals surface area contributed by atoms with Crippen LogP contribution < -0.4 is 5.32 Å². The first-order valence-corrected chi connectivity index (χ1v) is 11.4. The summed E-state index contributed by atoms with van der Waals surface area (Å²) < 4.78 is 4.49. The molecule has 0 bridgehead atoms. The first kappa shape index (κ1) is 21.4. The highest BCUT2D eigenvalue weighted by Crippen LogP contribution is 2.39. The Hall–Kier alpha value is -3.50. The number of nitrogens with one attached hydrogen (secondary N) is 3. The van der Waals surface area contributed by atoms with Crippen LogP contribution in [0.4, 0.5) is 5.69 Å². The van der Waals surface area contributed by atoms with Gasteiger partial charge in [0.25, 0.3) is 0 Å². The molecule has 0 fully saturated rings. The fourth-order valence-corrected chi connectivity index (χ4v) is 5.25. The number of carbonyl (C=O) groups is 2. The number of fused-ring (bicyclic) bond motifs is 3. The number of anilines is 1. The zero-order valence-electron chi connectivity index (χ0n) is 17.5. The molecule has 1 atom stereocenters. The van der Waals surface area contributed by atoms with Crippen LogP contribution in [-0.2, 0) is 22.6 Å². The van der Waals surface area contributed by atoms with Crippen LogP contribution in [0.25, 0.3) is 16.6 Å². The Morgan fingerprint density at radius 1 is 1.09 bits per heavy atom. The maximum Gasteiger partial charge on any atom is 0.311 e. The minimum atomic E-state index is -0.818. The van der Waals surface area contributed by atoms with Crippen molar-refractivity contribution in [1.29, 1.82) is 0 Å². The molecule has 1 aliphatic carbocycles. The van der Waals surface area contributed by atoms with E-state index in [1.807, 2.05) is 41.0 Å². The third-order valence-corrected chi connectivity index (χ3v) is 6.62. The summed E-state index contributed by atoms with van der Waals surface area (Å²) in [5.74, 6) is -1.56. The van der Waals surface area contributed by atoms with E-state index in [-0.39, 0.29) is 12.5 Å². The number of aromatic nitrogens is 4. The lowest BCUT2D eigenvalue weighted by molar-refractivity contribution is -0.139. The van der Waals surface area contributed by atoms with E-state index in [4.69, 9.17) is 24.4 Å². The van der Waals surface area contributed by atoms with Crippen LogP contribution in [0.1, 0.15) is 30.0 Å². The molecule has 0 saturated carbocycles. The van der Waals surface area contributed by atoms with Gasteiger partial charge in [0.05, 0.1) is 11.6 Å². The summed E-state index contributed by atoms with van der Waals surface area (Å²) in [5, 5.41) is 19.2. The van der Waals surface area contributed by atoms with Gasteiger partial charge in [0.1, 0.15) is 6.54 Å². The van der Waals surface area contributed by atoms with Crippen LogP contribution in [-0.4, -0.2) is 36.3 Å². The Morgan fingerprint density at radius 2 is 1.85 bits per heavy atom. The van der Waals surface area contributed by atoms with Gasteiger partial charge in [-0.3, -0.25) is 24.4 Å². The molecule has 33 heavy (non-hydrogen) atoms. The normalized spacial score (nSPS) is 15.3. The fraction of sp³-hybridized carbons (Fsp3) is 0.217. The lowest BCUT2D eigenvalue weighted by Gasteiger charge is -2.21. The molecule has 2 heterocycles. The maximum atomic E-state index is 13.0. The van der Waals surface area contributed by atoms with E-state index in [2.05, 4.69) is 15.5 Å². The van der Waals surface area contributed by atoms with Gasteiger partial charge in [-0.25, -0.2) is 0 Å². The Bertz CT molecular complexity index is 1480. The molecule has 0 radical (unpaired) electrons. The quantitative estimate of drug-likeness (QED) is 0.311. The average Bonchev–Trinajstić information content (AvgIpc) is 3.30. The SMILES string of the molecule is O=C(Cn1c2c(c3ccccc31)C(C(=O)O)CCC2)Nc1cccc(-n2c(=S)[nH][nH]c2=S)c1. The molecule has 1 aliphatic rings. The third-order valence-electron chi connectivity index (χ3n) is 6.05. The van der Waals surface area contributed by atoms with E-state index in [0.717, 1.165) is 40.7 Å². The summed E-state index contributed by atoms with van der Waals surface area (Å²) in [6, 6.07) is 15.0. The molecule has 8 nitrogen and oxygen atoms in total. The zero-order chi connectivity index (χ0) is 23.1. The number of aromatic amines is 2. The molecule has 2 aromatic heterocycles. The fourth-order valence-electron chi connectivity index (χ4n) is 4.70. The number of rotatable bonds is 5. The number of para-hydroxylation sites is 1. The molecular formula is C23H21N5O3S2. The summed E-state index contributed by atoms with van der Waals surface area (Å²) in [5.41, 5.74) is 4.00. The number of amides is 1. The smallest absolute Gasteiger partial charge is 0.311 e. The number of hydrogen-bond donors (Lipinski definition) is 4. The standard InChI is InChI=1S/C23H21N5O3S2/c29-19(24-13-5-3-6-14(11-13)28-22(32)25-26-23(28)33)12-27-17-9-2-1-7-15(17)20-16(21(30)31)8-4-10-18(20)27/h1-3,5-7,9,11,16H,4,8,10,12H2,(H,24,29)(H,25,32)(H,26,33)(H,30,31). The first-order valence-electron chi connectivity index (χ1n) is 10.6. The molecule has 4 aromatic rings. The van der Waals surface area contributed by atoms with Crippen molar-refractivity contribution in [2.24, 2.45) is 0 Å². The van der Waals surface area contributed by atoms with Gasteiger partial charge in [0, 0.05) is 22.3 Å². The molecule has 0 aliphatic heterocycles. The second kappa shape index (κ2) is 8.45. The van der Waals surface area contributed by atoms with Crippen molar-refractivity contribution < 1.29 is 14.7 Å². The van der Waals surface area contributed by atoms with Crippen molar-refractivity contribution in [3.05, 3.63) is 69.3 Å². The predicted molar refractivity (Wildman–Crippen MR) is 130 cm³/mol. The van der Waals surface area contributed by atoms with E-state index in [1.54, 1.807) is 16.7 Å². The van der Waals surface area contributed by atoms with Crippen LogP contribution in [0, 0.1) is 9.54 Å². The highest BCUT2D eigenvalue weighted by molar-refractivity contribution is 7.72. The van der Waals surface area contributed by atoms with Gasteiger partial charge in [-0.15, -0.1) is 0 Å². The molecule has 10 heteroatoms. The van der Waals surface area contributed by atoms with Crippen LogP contribution >= 0.6 is 24.4 Å². The predicted octanol–water partition coefficient (Wildman–Crippen LogP) is 4.69. The third kappa shape index (κ3) is 3.81. The molecule has 0 spiro atoms. The number of carboxylic acids is 1.